The molecule has 0 spiro atoms. The molecule has 0 amide bonds. The minimum atomic E-state index is 0.775. The largest absolute Gasteiger partial charge is 0.463 e. The normalized spacial score (nSPS) is 10.6. The van der Waals surface area contributed by atoms with Crippen LogP contribution in [0.5, 0.6) is 0 Å². The first-order valence-electron chi connectivity index (χ1n) is 3.19. The molecule has 1 heterocycles. The Labute approximate surface area is 79.3 Å². The van der Waals surface area contributed by atoms with Crippen LogP contribution in [0.4, 0.5) is 0 Å². The molecule has 0 saturated carbocycles. The highest BCUT2D eigenvalue weighted by Crippen LogP contribution is 2.20. The Morgan fingerprint density at radius 1 is 1.36 bits per heavy atom. The second-order valence-electron chi connectivity index (χ2n) is 2.34. The lowest BCUT2D eigenvalue weighted by molar-refractivity contribution is 0.613. The zero-order valence-electron chi connectivity index (χ0n) is 5.67. The van der Waals surface area contributed by atoms with Crippen molar-refractivity contribution in [3.05, 3.63) is 28.0 Å². The molecule has 0 aliphatic heterocycles. The van der Waals surface area contributed by atoms with Crippen LogP contribution in [0.1, 0.15) is 0 Å². The predicted molar refractivity (Wildman–Crippen MR) is 54.3 cm³/mol. The van der Waals surface area contributed by atoms with E-state index in [1.807, 2.05) is 18.2 Å². The van der Waals surface area contributed by atoms with Gasteiger partial charge in [0.25, 0.3) is 0 Å². The lowest BCUT2D eigenvalue weighted by Gasteiger charge is -1.91. The fourth-order valence-electron chi connectivity index (χ4n) is 1.02. The third-order valence-electron chi connectivity index (χ3n) is 1.55. The first-order chi connectivity index (χ1) is 5.27. The standard InChI is InChI=1S/C8H4BIO/c9-5-1-2-8-6(3-5)7(10)4-11-8/h1-4H. The van der Waals surface area contributed by atoms with Gasteiger partial charge in [-0.3, -0.25) is 0 Å². The van der Waals surface area contributed by atoms with Gasteiger partial charge in [-0.25, -0.2) is 0 Å². The van der Waals surface area contributed by atoms with E-state index >= 15 is 0 Å². The van der Waals surface area contributed by atoms with E-state index in [4.69, 9.17) is 12.3 Å². The minimum absolute atomic E-state index is 0.775. The summed E-state index contributed by atoms with van der Waals surface area (Å²) in [6, 6.07) is 5.63. The summed E-state index contributed by atoms with van der Waals surface area (Å²) in [4.78, 5) is 0. The van der Waals surface area contributed by atoms with Crippen LogP contribution in [0.25, 0.3) is 11.0 Å². The van der Waals surface area contributed by atoms with Crippen molar-refractivity contribution in [3.63, 3.8) is 0 Å². The van der Waals surface area contributed by atoms with Crippen LogP contribution in [0.2, 0.25) is 0 Å². The van der Waals surface area contributed by atoms with Crippen molar-refractivity contribution in [3.8, 4) is 0 Å². The van der Waals surface area contributed by atoms with Crippen molar-refractivity contribution < 1.29 is 4.42 Å². The molecule has 0 bridgehead atoms. The third-order valence-corrected chi connectivity index (χ3v) is 2.39. The highest BCUT2D eigenvalue weighted by atomic mass is 127. The van der Waals surface area contributed by atoms with Crippen LogP contribution in [0.15, 0.2) is 28.9 Å². The van der Waals surface area contributed by atoms with Crippen molar-refractivity contribution in [1.29, 1.82) is 0 Å². The lowest BCUT2D eigenvalue weighted by atomic mass is 9.95. The summed E-state index contributed by atoms with van der Waals surface area (Å²) < 4.78 is 6.34. The van der Waals surface area contributed by atoms with Gasteiger partial charge in [-0.15, -0.1) is 0 Å². The molecule has 0 N–H and O–H groups in total. The van der Waals surface area contributed by atoms with E-state index in [0.29, 0.717) is 0 Å². The summed E-state index contributed by atoms with van der Waals surface area (Å²) in [5.74, 6) is 0. The van der Waals surface area contributed by atoms with Gasteiger partial charge in [0.2, 0.25) is 0 Å². The van der Waals surface area contributed by atoms with Crippen LogP contribution in [0, 0.1) is 3.57 Å². The molecule has 1 aromatic heterocycles. The summed E-state index contributed by atoms with van der Waals surface area (Å²) in [7, 11) is 5.61. The van der Waals surface area contributed by atoms with E-state index in [0.717, 1.165) is 20.0 Å². The van der Waals surface area contributed by atoms with E-state index in [2.05, 4.69) is 22.6 Å². The zero-order chi connectivity index (χ0) is 7.84. The van der Waals surface area contributed by atoms with Crippen molar-refractivity contribution in [2.24, 2.45) is 0 Å². The Balaban J connectivity index is 2.87. The summed E-state index contributed by atoms with van der Waals surface area (Å²) >= 11 is 2.22. The third kappa shape index (κ3) is 1.17. The van der Waals surface area contributed by atoms with E-state index in [9.17, 15) is 0 Å². The molecule has 0 atom stereocenters. The Morgan fingerprint density at radius 2 is 2.18 bits per heavy atom. The molecule has 0 aliphatic carbocycles. The van der Waals surface area contributed by atoms with Gasteiger partial charge >= 0.3 is 0 Å². The zero-order valence-corrected chi connectivity index (χ0v) is 7.83. The number of halogens is 1. The molecule has 2 radical (unpaired) electrons. The van der Waals surface area contributed by atoms with Gasteiger partial charge in [-0.1, -0.05) is 17.6 Å². The Bertz CT molecular complexity index is 394. The maximum atomic E-state index is 5.61. The van der Waals surface area contributed by atoms with E-state index < -0.39 is 0 Å². The number of furan rings is 1. The molecular formula is C8H4BIO. The molecule has 52 valence electrons. The highest BCUT2D eigenvalue weighted by Gasteiger charge is 2.00. The smallest absolute Gasteiger partial charge is 0.134 e. The molecule has 0 fully saturated rings. The molecular weight excluding hydrogens is 250 g/mol. The maximum absolute atomic E-state index is 5.61. The van der Waals surface area contributed by atoms with Gasteiger partial charge in [-0.2, -0.15) is 0 Å². The van der Waals surface area contributed by atoms with Gasteiger partial charge in [0.15, 0.2) is 0 Å². The van der Waals surface area contributed by atoms with Gasteiger partial charge in [0, 0.05) is 5.39 Å². The van der Waals surface area contributed by atoms with E-state index in [-0.39, 0.29) is 0 Å². The number of hydrogen-bond donors (Lipinski definition) is 0. The lowest BCUT2D eigenvalue weighted by Crippen LogP contribution is -1.98. The summed E-state index contributed by atoms with van der Waals surface area (Å²) in [6.45, 7) is 0. The molecule has 3 heteroatoms. The Hall–Kier alpha value is -0.445. The average Bonchev–Trinajstić information content (AvgIpc) is 2.33. The second kappa shape index (κ2) is 2.55. The van der Waals surface area contributed by atoms with Crippen molar-refractivity contribution in [2.75, 3.05) is 0 Å². The second-order valence-corrected chi connectivity index (χ2v) is 3.50. The number of benzene rings is 1. The van der Waals surface area contributed by atoms with E-state index in [1.165, 1.54) is 0 Å². The number of fused-ring (bicyclic) bond motifs is 1. The quantitative estimate of drug-likeness (QED) is 0.516. The number of rotatable bonds is 0. The number of hydrogen-bond acceptors (Lipinski definition) is 1. The van der Waals surface area contributed by atoms with Crippen LogP contribution in [-0.4, -0.2) is 7.85 Å². The summed E-state index contributed by atoms with van der Waals surface area (Å²) in [6.07, 6.45) is 1.73. The molecule has 2 rings (SSSR count). The topological polar surface area (TPSA) is 13.1 Å². The molecule has 2 aromatic rings. The van der Waals surface area contributed by atoms with Gasteiger partial charge in [-0.05, 0) is 28.7 Å². The molecule has 0 unspecified atom stereocenters. The molecule has 1 aromatic carbocycles. The monoisotopic (exact) mass is 254 g/mol. The van der Waals surface area contributed by atoms with Crippen LogP contribution < -0.4 is 5.46 Å². The fraction of sp³-hybridized carbons (Fsp3) is 0. The average molecular weight is 254 g/mol. The first kappa shape index (κ1) is 7.22. The highest BCUT2D eigenvalue weighted by molar-refractivity contribution is 14.1. The maximum Gasteiger partial charge on any atom is 0.134 e. The van der Waals surface area contributed by atoms with Crippen LogP contribution in [-0.2, 0) is 0 Å². The van der Waals surface area contributed by atoms with E-state index in [1.54, 1.807) is 6.26 Å². The SMILES string of the molecule is [B]c1ccc2occ(I)c2c1. The van der Waals surface area contributed by atoms with Crippen molar-refractivity contribution >= 4 is 46.9 Å². The van der Waals surface area contributed by atoms with Crippen LogP contribution in [0.3, 0.4) is 0 Å². The molecule has 11 heavy (non-hydrogen) atoms. The predicted octanol–water partition coefficient (Wildman–Crippen LogP) is 1.83. The first-order valence-corrected chi connectivity index (χ1v) is 4.27. The minimum Gasteiger partial charge on any atom is -0.463 e. The van der Waals surface area contributed by atoms with Gasteiger partial charge < -0.3 is 4.42 Å². The van der Waals surface area contributed by atoms with Gasteiger partial charge in [0.05, 0.1) is 3.57 Å². The summed E-state index contributed by atoms with van der Waals surface area (Å²) in [5.41, 5.74) is 1.67. The fourth-order valence-corrected chi connectivity index (χ4v) is 1.56. The Kier molecular flexibility index (Phi) is 1.67. The van der Waals surface area contributed by atoms with Gasteiger partial charge in [0.1, 0.15) is 19.7 Å². The van der Waals surface area contributed by atoms with Crippen LogP contribution >= 0.6 is 22.6 Å². The Morgan fingerprint density at radius 3 is 3.00 bits per heavy atom. The molecule has 0 saturated heterocycles. The summed E-state index contributed by atoms with van der Waals surface area (Å²) in [5, 5.41) is 1.09. The molecule has 0 aliphatic rings. The van der Waals surface area contributed by atoms with Crippen molar-refractivity contribution in [1.82, 2.24) is 0 Å². The molecule has 1 nitrogen and oxygen atoms in total. The van der Waals surface area contributed by atoms with Crippen molar-refractivity contribution in [2.45, 2.75) is 0 Å².